The van der Waals surface area contributed by atoms with Crippen molar-refractivity contribution in [2.75, 3.05) is 30.0 Å². The summed E-state index contributed by atoms with van der Waals surface area (Å²) >= 11 is 0. The van der Waals surface area contributed by atoms with Gasteiger partial charge < -0.3 is 24.8 Å². The Morgan fingerprint density at radius 1 is 1.18 bits per heavy atom. The number of nitrogens with zero attached hydrogens (tertiary/aromatic N) is 2. The van der Waals surface area contributed by atoms with Crippen molar-refractivity contribution in [2.24, 2.45) is 0 Å². The van der Waals surface area contributed by atoms with Gasteiger partial charge in [0.1, 0.15) is 18.1 Å². The third-order valence-electron chi connectivity index (χ3n) is 6.21. The number of para-hydroxylation sites is 1. The molecule has 3 aromatic rings. The highest BCUT2D eigenvalue weighted by Gasteiger charge is 2.30. The Morgan fingerprint density at radius 2 is 2.06 bits per heavy atom. The maximum atomic E-state index is 13.4. The number of hydrogen-bond acceptors (Lipinski definition) is 6. The molecule has 0 aliphatic carbocycles. The van der Waals surface area contributed by atoms with E-state index in [-0.39, 0.29) is 18.4 Å². The van der Waals surface area contributed by atoms with E-state index in [4.69, 9.17) is 14.6 Å². The Balaban J connectivity index is 1.39. The molecule has 0 radical (unpaired) electrons. The first kappa shape index (κ1) is 22.0. The van der Waals surface area contributed by atoms with Gasteiger partial charge in [-0.15, -0.1) is 0 Å². The monoisotopic (exact) mass is 463 g/mol. The number of hydrogen-bond donors (Lipinski definition) is 2. The molecule has 2 aliphatic heterocycles. The molecule has 2 aliphatic rings. The zero-order valence-electron chi connectivity index (χ0n) is 18.8. The van der Waals surface area contributed by atoms with Crippen LogP contribution in [0.25, 0.3) is 0 Å². The van der Waals surface area contributed by atoms with E-state index in [0.29, 0.717) is 13.2 Å². The molecule has 0 saturated carbocycles. The van der Waals surface area contributed by atoms with Gasteiger partial charge in [0.25, 0.3) is 0 Å². The third kappa shape index (κ3) is 4.23. The molecule has 8 heteroatoms. The molecular weight excluding hydrogens is 437 g/mol. The molecule has 2 N–H and O–H groups in total. The van der Waals surface area contributed by atoms with Gasteiger partial charge in [-0.05, 0) is 30.7 Å². The fraction of sp³-hybridized carbons (Fsp3) is 0.308. The number of carbonyl (C=O) groups is 1. The maximum Gasteiger partial charge on any atom is 0.304 e. The summed E-state index contributed by atoms with van der Waals surface area (Å²) in [6, 6.07) is 14.9. The summed E-state index contributed by atoms with van der Waals surface area (Å²) in [4.78, 5) is 17.0. The first-order valence-corrected chi connectivity index (χ1v) is 11.4. The zero-order valence-corrected chi connectivity index (χ0v) is 18.8. The number of carboxylic acid groups (broad SMARTS) is 1. The predicted octanol–water partition coefficient (Wildman–Crippen LogP) is 5.27. The van der Waals surface area contributed by atoms with E-state index < -0.39 is 11.9 Å². The first-order valence-electron chi connectivity index (χ1n) is 11.4. The van der Waals surface area contributed by atoms with Crippen LogP contribution in [0, 0.1) is 5.95 Å². The molecule has 2 atom stereocenters. The quantitative estimate of drug-likeness (QED) is 0.441. The topological polar surface area (TPSA) is 83.9 Å². The second kappa shape index (κ2) is 9.21. The fourth-order valence-corrected chi connectivity index (χ4v) is 4.65. The Labute approximate surface area is 197 Å². The lowest BCUT2D eigenvalue weighted by Gasteiger charge is -2.26. The van der Waals surface area contributed by atoms with E-state index in [1.807, 2.05) is 36.4 Å². The molecule has 5 rings (SSSR count). The largest absolute Gasteiger partial charge is 0.493 e. The number of benzene rings is 2. The molecule has 0 amide bonds. The minimum atomic E-state index is -0.826. The molecule has 2 unspecified atom stereocenters. The van der Waals surface area contributed by atoms with Gasteiger partial charge in [0, 0.05) is 35.3 Å². The van der Waals surface area contributed by atoms with E-state index in [1.165, 1.54) is 12.3 Å². The molecule has 0 spiro atoms. The highest BCUT2D eigenvalue weighted by Crippen LogP contribution is 2.44. The molecule has 0 saturated heterocycles. The van der Waals surface area contributed by atoms with Gasteiger partial charge in [-0.2, -0.15) is 4.39 Å². The summed E-state index contributed by atoms with van der Waals surface area (Å²) in [6.07, 6.45) is 2.50. The number of rotatable bonds is 8. The van der Waals surface area contributed by atoms with E-state index in [2.05, 4.69) is 22.1 Å². The Bertz CT molecular complexity index is 1200. The number of fused-ring (bicyclic) bond motifs is 2. The van der Waals surface area contributed by atoms with E-state index in [0.717, 1.165) is 52.7 Å². The molecule has 7 nitrogen and oxygen atoms in total. The summed E-state index contributed by atoms with van der Waals surface area (Å²) in [5.74, 6) is 0.0724. The summed E-state index contributed by atoms with van der Waals surface area (Å²) < 4.78 is 25.3. The van der Waals surface area contributed by atoms with Crippen molar-refractivity contribution in [1.29, 1.82) is 0 Å². The van der Waals surface area contributed by atoms with Crippen molar-refractivity contribution >= 4 is 23.0 Å². The average Bonchev–Trinajstić information content (AvgIpc) is 3.42. The number of anilines is 3. The van der Waals surface area contributed by atoms with Crippen LogP contribution < -0.4 is 19.7 Å². The van der Waals surface area contributed by atoms with Crippen LogP contribution in [-0.2, 0) is 4.79 Å². The number of nitrogens with one attached hydrogen (secondary N) is 1. The van der Waals surface area contributed by atoms with Gasteiger partial charge in [-0.3, -0.25) is 4.79 Å². The van der Waals surface area contributed by atoms with Gasteiger partial charge in [0.15, 0.2) is 0 Å². The van der Waals surface area contributed by atoms with E-state index in [9.17, 15) is 9.18 Å². The summed E-state index contributed by atoms with van der Waals surface area (Å²) in [7, 11) is 0. The lowest BCUT2D eigenvalue weighted by molar-refractivity contribution is -0.137. The van der Waals surface area contributed by atoms with E-state index in [1.54, 1.807) is 6.07 Å². The van der Waals surface area contributed by atoms with Crippen molar-refractivity contribution in [3.8, 4) is 11.5 Å². The molecular formula is C26H26FN3O4. The maximum absolute atomic E-state index is 13.4. The van der Waals surface area contributed by atoms with Crippen LogP contribution in [0.2, 0.25) is 0 Å². The van der Waals surface area contributed by atoms with Crippen molar-refractivity contribution in [2.45, 2.75) is 31.7 Å². The molecule has 3 heterocycles. The van der Waals surface area contributed by atoms with Crippen LogP contribution in [0.3, 0.4) is 0 Å². The second-order valence-corrected chi connectivity index (χ2v) is 8.55. The molecule has 1 aromatic heterocycles. The Hall–Kier alpha value is -3.81. The lowest BCUT2D eigenvalue weighted by atomic mass is 9.97. The molecule has 0 bridgehead atoms. The zero-order chi connectivity index (χ0) is 23.7. The lowest BCUT2D eigenvalue weighted by Crippen LogP contribution is -2.18. The van der Waals surface area contributed by atoms with Crippen molar-refractivity contribution < 1.29 is 23.8 Å². The highest BCUT2D eigenvalue weighted by molar-refractivity contribution is 5.73. The smallest absolute Gasteiger partial charge is 0.304 e. The van der Waals surface area contributed by atoms with Crippen LogP contribution in [0.5, 0.6) is 11.5 Å². The van der Waals surface area contributed by atoms with Crippen LogP contribution in [0.4, 0.5) is 21.5 Å². The van der Waals surface area contributed by atoms with Gasteiger partial charge in [0.2, 0.25) is 5.95 Å². The van der Waals surface area contributed by atoms with Crippen molar-refractivity contribution in [3.05, 3.63) is 71.8 Å². The van der Waals surface area contributed by atoms with Crippen LogP contribution >= 0.6 is 0 Å². The Kier molecular flexibility index (Phi) is 5.96. The number of ether oxygens (including phenoxy) is 2. The SMILES string of the molecule is CCCN(c1ccc(F)nc1)c1cccc2c1OCC2Nc1ccc2c(c1)OCC2CC(=O)O. The Morgan fingerprint density at radius 3 is 2.82 bits per heavy atom. The van der Waals surface area contributed by atoms with Gasteiger partial charge in [0.05, 0.1) is 36.6 Å². The minimum absolute atomic E-state index is 0.0564. The van der Waals surface area contributed by atoms with Crippen molar-refractivity contribution in [1.82, 2.24) is 4.98 Å². The number of aliphatic carboxylic acids is 1. The number of pyridine rings is 1. The summed E-state index contributed by atoms with van der Waals surface area (Å²) in [6.45, 7) is 3.68. The van der Waals surface area contributed by atoms with Crippen LogP contribution in [-0.4, -0.2) is 35.8 Å². The van der Waals surface area contributed by atoms with E-state index >= 15 is 0 Å². The molecule has 34 heavy (non-hydrogen) atoms. The van der Waals surface area contributed by atoms with Gasteiger partial charge >= 0.3 is 5.97 Å². The van der Waals surface area contributed by atoms with Crippen LogP contribution in [0.1, 0.15) is 42.9 Å². The van der Waals surface area contributed by atoms with Gasteiger partial charge in [-0.25, -0.2) is 4.98 Å². The third-order valence-corrected chi connectivity index (χ3v) is 6.21. The van der Waals surface area contributed by atoms with Crippen LogP contribution in [0.15, 0.2) is 54.7 Å². The standard InChI is InChI=1S/C26H26FN3O4/c1-2-10-30(18-7-9-24(27)28-13-18)22-5-3-4-20-21(15-34-26(20)22)29-17-6-8-19-16(11-25(31)32)14-33-23(19)12-17/h3-9,12-13,16,21,29H,2,10-11,14-15H2,1H3,(H,31,32). The molecule has 0 fully saturated rings. The molecule has 2 aromatic carbocycles. The average molecular weight is 464 g/mol. The summed E-state index contributed by atoms with van der Waals surface area (Å²) in [5.41, 5.74) is 4.59. The fourth-order valence-electron chi connectivity index (χ4n) is 4.65. The normalized spacial score (nSPS) is 17.9. The minimum Gasteiger partial charge on any atom is -0.493 e. The first-order chi connectivity index (χ1) is 16.5. The number of halogens is 1. The molecule has 176 valence electrons. The second-order valence-electron chi connectivity index (χ2n) is 8.55. The van der Waals surface area contributed by atoms with Gasteiger partial charge in [-0.1, -0.05) is 25.1 Å². The summed E-state index contributed by atoms with van der Waals surface area (Å²) in [5, 5.41) is 12.6. The number of carboxylic acids is 1. The van der Waals surface area contributed by atoms with Crippen molar-refractivity contribution in [3.63, 3.8) is 0 Å². The predicted molar refractivity (Wildman–Crippen MR) is 127 cm³/mol. The number of aromatic nitrogens is 1. The highest BCUT2D eigenvalue weighted by atomic mass is 19.1.